The first-order valence-corrected chi connectivity index (χ1v) is 8.45. The van der Waals surface area contributed by atoms with Gasteiger partial charge in [-0.25, -0.2) is 9.97 Å². The third-order valence-corrected chi connectivity index (χ3v) is 4.69. The number of piperidine rings is 1. The lowest BCUT2D eigenvalue weighted by molar-refractivity contribution is 0.0933. The quantitative estimate of drug-likeness (QED) is 0.834. The van der Waals surface area contributed by atoms with Crippen LogP contribution in [-0.2, 0) is 13.1 Å². The first-order valence-electron chi connectivity index (χ1n) is 8.45. The van der Waals surface area contributed by atoms with E-state index in [1.807, 2.05) is 18.2 Å². The number of fused-ring (bicyclic) bond motifs is 1. The molecule has 0 radical (unpaired) electrons. The number of carbonyl (C=O) groups is 1. The van der Waals surface area contributed by atoms with E-state index in [-0.39, 0.29) is 36.8 Å². The highest BCUT2D eigenvalue weighted by molar-refractivity contribution is 5.94. The summed E-state index contributed by atoms with van der Waals surface area (Å²) in [5.41, 5.74) is 3.26. The van der Waals surface area contributed by atoms with E-state index < -0.39 is 0 Å². The van der Waals surface area contributed by atoms with E-state index in [1.165, 1.54) is 11.1 Å². The standard InChI is InChI=1S/C18H21N5O.2ClH/c24-17(13-4-5-14-10-19-11-15(14)9-13)22-16-3-1-8-23(12-16)18-20-6-2-7-21-18;;/h2,4-7,9,16,19H,1,3,8,10-12H2,(H,22,24);2*1H. The number of amides is 1. The molecule has 2 aliphatic rings. The maximum Gasteiger partial charge on any atom is 0.251 e. The van der Waals surface area contributed by atoms with Crippen LogP contribution >= 0.6 is 24.8 Å². The maximum atomic E-state index is 12.6. The Morgan fingerprint density at radius 2 is 1.92 bits per heavy atom. The molecular weight excluding hydrogens is 373 g/mol. The molecule has 26 heavy (non-hydrogen) atoms. The predicted octanol–water partition coefficient (Wildman–Crippen LogP) is 2.32. The van der Waals surface area contributed by atoms with Gasteiger partial charge in [0.05, 0.1) is 0 Å². The topological polar surface area (TPSA) is 70.2 Å². The lowest BCUT2D eigenvalue weighted by Crippen LogP contribution is -2.48. The molecule has 0 saturated carbocycles. The normalized spacial score (nSPS) is 18.3. The van der Waals surface area contributed by atoms with Crippen LogP contribution in [0.25, 0.3) is 0 Å². The van der Waals surface area contributed by atoms with Gasteiger partial charge in [-0.2, -0.15) is 0 Å². The van der Waals surface area contributed by atoms with E-state index in [0.717, 1.165) is 50.5 Å². The predicted molar refractivity (Wildman–Crippen MR) is 106 cm³/mol. The number of carbonyl (C=O) groups excluding carboxylic acids is 1. The van der Waals surface area contributed by atoms with Crippen molar-refractivity contribution >= 4 is 36.7 Å². The molecule has 1 saturated heterocycles. The van der Waals surface area contributed by atoms with E-state index in [2.05, 4.69) is 31.6 Å². The zero-order valence-electron chi connectivity index (χ0n) is 14.4. The number of halogens is 2. The van der Waals surface area contributed by atoms with Crippen LogP contribution in [0.1, 0.15) is 34.3 Å². The van der Waals surface area contributed by atoms with Crippen molar-refractivity contribution in [3.8, 4) is 0 Å². The van der Waals surface area contributed by atoms with E-state index in [4.69, 9.17) is 0 Å². The van der Waals surface area contributed by atoms with Gasteiger partial charge in [-0.05, 0) is 42.2 Å². The van der Waals surface area contributed by atoms with Crippen LogP contribution in [0.2, 0.25) is 0 Å². The van der Waals surface area contributed by atoms with Crippen molar-refractivity contribution in [2.75, 3.05) is 18.0 Å². The molecule has 3 heterocycles. The maximum absolute atomic E-state index is 12.6. The molecule has 2 aliphatic heterocycles. The molecule has 140 valence electrons. The Hall–Kier alpha value is -1.89. The lowest BCUT2D eigenvalue weighted by Gasteiger charge is -2.33. The molecule has 0 bridgehead atoms. The molecule has 1 aromatic heterocycles. The van der Waals surface area contributed by atoms with Crippen LogP contribution in [0.5, 0.6) is 0 Å². The summed E-state index contributed by atoms with van der Waals surface area (Å²) in [6, 6.07) is 7.92. The average molecular weight is 396 g/mol. The number of benzene rings is 1. The highest BCUT2D eigenvalue weighted by Crippen LogP contribution is 2.18. The molecule has 8 heteroatoms. The first kappa shape index (κ1) is 20.4. The van der Waals surface area contributed by atoms with E-state index in [0.29, 0.717) is 0 Å². The highest BCUT2D eigenvalue weighted by Gasteiger charge is 2.23. The van der Waals surface area contributed by atoms with Crippen molar-refractivity contribution in [2.45, 2.75) is 32.0 Å². The van der Waals surface area contributed by atoms with Gasteiger partial charge >= 0.3 is 0 Å². The first-order chi connectivity index (χ1) is 11.8. The minimum absolute atomic E-state index is 0. The van der Waals surface area contributed by atoms with Gasteiger partial charge < -0.3 is 15.5 Å². The van der Waals surface area contributed by atoms with Gasteiger partial charge in [0.2, 0.25) is 5.95 Å². The number of hydrogen-bond donors (Lipinski definition) is 2. The summed E-state index contributed by atoms with van der Waals surface area (Å²) in [5, 5.41) is 6.48. The molecule has 1 amide bonds. The Morgan fingerprint density at radius 3 is 2.73 bits per heavy atom. The number of nitrogens with one attached hydrogen (secondary N) is 2. The number of anilines is 1. The Bertz CT molecular complexity index is 744. The van der Waals surface area contributed by atoms with Gasteiger partial charge in [-0.3, -0.25) is 4.79 Å². The molecule has 0 spiro atoms. The van der Waals surface area contributed by atoms with Gasteiger partial charge in [-0.1, -0.05) is 6.07 Å². The summed E-state index contributed by atoms with van der Waals surface area (Å²) >= 11 is 0. The van der Waals surface area contributed by atoms with E-state index >= 15 is 0 Å². The molecule has 2 N–H and O–H groups in total. The van der Waals surface area contributed by atoms with Crippen LogP contribution in [0, 0.1) is 0 Å². The Labute approximate surface area is 165 Å². The van der Waals surface area contributed by atoms with Gasteiger partial charge in [-0.15, -0.1) is 24.8 Å². The molecule has 1 fully saturated rings. The molecule has 4 rings (SSSR count). The average Bonchev–Trinajstić information content (AvgIpc) is 3.10. The van der Waals surface area contributed by atoms with Gasteiger partial charge in [0, 0.05) is 50.2 Å². The SMILES string of the molecule is Cl.Cl.O=C(NC1CCCN(c2ncccn2)C1)c1ccc2c(c1)CNC2. The second-order valence-electron chi connectivity index (χ2n) is 6.39. The van der Waals surface area contributed by atoms with Crippen LogP contribution in [0.3, 0.4) is 0 Å². The van der Waals surface area contributed by atoms with Crippen molar-refractivity contribution in [2.24, 2.45) is 0 Å². The van der Waals surface area contributed by atoms with Crippen LogP contribution in [0.15, 0.2) is 36.7 Å². The number of hydrogen-bond acceptors (Lipinski definition) is 5. The molecule has 1 unspecified atom stereocenters. The van der Waals surface area contributed by atoms with Crippen LogP contribution < -0.4 is 15.5 Å². The Kier molecular flexibility index (Phi) is 7.20. The van der Waals surface area contributed by atoms with Crippen LogP contribution in [0.4, 0.5) is 5.95 Å². The van der Waals surface area contributed by atoms with Gasteiger partial charge in [0.15, 0.2) is 0 Å². The summed E-state index contributed by atoms with van der Waals surface area (Å²) in [6.07, 6.45) is 5.52. The fourth-order valence-electron chi connectivity index (χ4n) is 3.44. The molecule has 0 aliphatic carbocycles. The van der Waals surface area contributed by atoms with Crippen molar-refractivity contribution < 1.29 is 4.79 Å². The Balaban J connectivity index is 0.00000121. The Morgan fingerprint density at radius 1 is 1.15 bits per heavy atom. The molecule has 1 aromatic carbocycles. The summed E-state index contributed by atoms with van der Waals surface area (Å²) < 4.78 is 0. The second-order valence-corrected chi connectivity index (χ2v) is 6.39. The van der Waals surface area contributed by atoms with Crippen molar-refractivity contribution in [3.05, 3.63) is 53.3 Å². The molecule has 2 aromatic rings. The van der Waals surface area contributed by atoms with Gasteiger partial charge in [0.1, 0.15) is 0 Å². The molecular formula is C18H23Cl2N5O. The monoisotopic (exact) mass is 395 g/mol. The number of aromatic nitrogens is 2. The van der Waals surface area contributed by atoms with Crippen molar-refractivity contribution in [3.63, 3.8) is 0 Å². The van der Waals surface area contributed by atoms with E-state index in [9.17, 15) is 4.79 Å². The summed E-state index contributed by atoms with van der Waals surface area (Å²) in [6.45, 7) is 3.42. The number of nitrogens with zero attached hydrogens (tertiary/aromatic N) is 3. The summed E-state index contributed by atoms with van der Waals surface area (Å²) in [7, 11) is 0. The largest absolute Gasteiger partial charge is 0.348 e. The van der Waals surface area contributed by atoms with E-state index in [1.54, 1.807) is 12.4 Å². The molecule has 1 atom stereocenters. The van der Waals surface area contributed by atoms with Crippen LogP contribution in [-0.4, -0.2) is 35.0 Å². The third-order valence-electron chi connectivity index (χ3n) is 4.69. The minimum atomic E-state index is 0. The van der Waals surface area contributed by atoms with Crippen molar-refractivity contribution in [1.82, 2.24) is 20.6 Å². The van der Waals surface area contributed by atoms with Crippen molar-refractivity contribution in [1.29, 1.82) is 0 Å². The highest BCUT2D eigenvalue weighted by atomic mass is 35.5. The summed E-state index contributed by atoms with van der Waals surface area (Å²) in [5.74, 6) is 0.741. The number of rotatable bonds is 3. The fraction of sp³-hybridized carbons (Fsp3) is 0.389. The minimum Gasteiger partial charge on any atom is -0.348 e. The zero-order valence-corrected chi connectivity index (χ0v) is 16.0. The lowest BCUT2D eigenvalue weighted by atomic mass is 10.0. The summed E-state index contributed by atoms with van der Waals surface area (Å²) in [4.78, 5) is 23.3. The third kappa shape index (κ3) is 4.44. The molecule has 6 nitrogen and oxygen atoms in total. The van der Waals surface area contributed by atoms with Gasteiger partial charge in [0.25, 0.3) is 5.91 Å². The fourth-order valence-corrected chi connectivity index (χ4v) is 3.44. The zero-order chi connectivity index (χ0) is 16.4. The second kappa shape index (κ2) is 9.16. The smallest absolute Gasteiger partial charge is 0.251 e.